The van der Waals surface area contributed by atoms with Crippen LogP contribution in [-0.2, 0) is 6.54 Å². The van der Waals surface area contributed by atoms with Gasteiger partial charge in [-0.3, -0.25) is 14.7 Å². The van der Waals surface area contributed by atoms with Crippen molar-refractivity contribution >= 4 is 5.91 Å². The number of carbonyl (C=O) groups is 1. The third-order valence-corrected chi connectivity index (χ3v) is 6.40. The van der Waals surface area contributed by atoms with E-state index in [1.165, 1.54) is 5.56 Å². The highest BCUT2D eigenvalue weighted by molar-refractivity contribution is 6.00. The normalized spacial score (nSPS) is 15.4. The number of nitrogens with zero attached hydrogens (tertiary/aromatic N) is 5. The molecule has 2 aromatic carbocycles. The number of benzene rings is 2. The molecule has 1 saturated heterocycles. The van der Waals surface area contributed by atoms with E-state index in [9.17, 15) is 4.79 Å². The fourth-order valence-corrected chi connectivity index (χ4v) is 4.54. The van der Waals surface area contributed by atoms with Gasteiger partial charge in [0.15, 0.2) is 11.5 Å². The number of carbonyl (C=O) groups excluding carboxylic acids is 1. The summed E-state index contributed by atoms with van der Waals surface area (Å²) in [5.74, 6) is 1.59. The van der Waals surface area contributed by atoms with Crippen LogP contribution in [0.4, 0.5) is 0 Å². The molecule has 0 unspecified atom stereocenters. The van der Waals surface area contributed by atoms with Gasteiger partial charge in [0.25, 0.3) is 5.91 Å². The van der Waals surface area contributed by atoms with Crippen LogP contribution in [0.3, 0.4) is 0 Å². The Balaban J connectivity index is 1.19. The largest absolute Gasteiger partial charge is 0.454 e. The molecule has 2 aliphatic rings. The van der Waals surface area contributed by atoms with Crippen molar-refractivity contribution in [1.29, 1.82) is 0 Å². The lowest BCUT2D eigenvalue weighted by Crippen LogP contribution is -2.48. The van der Waals surface area contributed by atoms with Gasteiger partial charge in [-0.05, 0) is 42.0 Å². The Bertz CT molecular complexity index is 1330. The van der Waals surface area contributed by atoms with Gasteiger partial charge in [0.05, 0.1) is 11.3 Å². The van der Waals surface area contributed by atoms with Crippen LogP contribution in [0.25, 0.3) is 16.9 Å². The van der Waals surface area contributed by atoms with Crippen molar-refractivity contribution in [2.45, 2.75) is 6.54 Å². The molecule has 4 heterocycles. The first kappa shape index (κ1) is 21.4. The van der Waals surface area contributed by atoms with Crippen LogP contribution < -0.4 is 9.47 Å². The van der Waals surface area contributed by atoms with Crippen LogP contribution >= 0.6 is 0 Å². The maximum absolute atomic E-state index is 13.6. The molecule has 4 aromatic rings. The van der Waals surface area contributed by atoms with Crippen molar-refractivity contribution in [3.8, 4) is 28.4 Å². The Morgan fingerprint density at radius 2 is 1.74 bits per heavy atom. The van der Waals surface area contributed by atoms with E-state index in [0.29, 0.717) is 24.3 Å². The fourth-order valence-electron chi connectivity index (χ4n) is 4.54. The first-order chi connectivity index (χ1) is 17.2. The molecule has 0 bridgehead atoms. The molecule has 176 valence electrons. The Morgan fingerprint density at radius 1 is 0.914 bits per heavy atom. The summed E-state index contributed by atoms with van der Waals surface area (Å²) in [6.07, 6.45) is 5.30. The molecular formula is C27H25N5O3. The molecular weight excluding hydrogens is 442 g/mol. The second kappa shape index (κ2) is 9.23. The van der Waals surface area contributed by atoms with Gasteiger partial charge < -0.3 is 14.4 Å². The van der Waals surface area contributed by atoms with Crippen LogP contribution in [0.2, 0.25) is 0 Å². The van der Waals surface area contributed by atoms with Gasteiger partial charge in [0.2, 0.25) is 6.79 Å². The summed E-state index contributed by atoms with van der Waals surface area (Å²) in [6.45, 7) is 4.01. The Morgan fingerprint density at radius 3 is 2.54 bits per heavy atom. The van der Waals surface area contributed by atoms with Gasteiger partial charge in [-0.25, -0.2) is 4.68 Å². The molecule has 8 nitrogen and oxygen atoms in total. The summed E-state index contributed by atoms with van der Waals surface area (Å²) in [5.41, 5.74) is 4.15. The number of para-hydroxylation sites is 1. The predicted molar refractivity (Wildman–Crippen MR) is 131 cm³/mol. The van der Waals surface area contributed by atoms with E-state index in [0.717, 1.165) is 42.4 Å². The van der Waals surface area contributed by atoms with Gasteiger partial charge in [0, 0.05) is 56.9 Å². The molecule has 0 saturated carbocycles. The molecule has 35 heavy (non-hydrogen) atoms. The molecule has 0 spiro atoms. The average Bonchev–Trinajstić information content (AvgIpc) is 3.57. The Hall–Kier alpha value is -4.17. The maximum atomic E-state index is 13.6. The molecule has 2 aliphatic heterocycles. The molecule has 0 aliphatic carbocycles. The summed E-state index contributed by atoms with van der Waals surface area (Å²) in [7, 11) is 0. The molecule has 8 heteroatoms. The maximum Gasteiger partial charge on any atom is 0.257 e. The van der Waals surface area contributed by atoms with Gasteiger partial charge >= 0.3 is 0 Å². The second-order valence-electron chi connectivity index (χ2n) is 8.67. The van der Waals surface area contributed by atoms with Crippen molar-refractivity contribution in [1.82, 2.24) is 24.6 Å². The molecule has 1 amide bonds. The summed E-state index contributed by atoms with van der Waals surface area (Å²) in [4.78, 5) is 22.1. The lowest BCUT2D eigenvalue weighted by molar-refractivity contribution is 0.0629. The zero-order valence-corrected chi connectivity index (χ0v) is 19.2. The number of hydrogen-bond donors (Lipinski definition) is 0. The van der Waals surface area contributed by atoms with Gasteiger partial charge in [-0.15, -0.1) is 0 Å². The van der Waals surface area contributed by atoms with Gasteiger partial charge in [-0.1, -0.05) is 24.3 Å². The zero-order valence-electron chi connectivity index (χ0n) is 19.2. The van der Waals surface area contributed by atoms with Crippen LogP contribution in [-0.4, -0.2) is 63.4 Å². The van der Waals surface area contributed by atoms with E-state index >= 15 is 0 Å². The third-order valence-electron chi connectivity index (χ3n) is 6.40. The number of rotatable bonds is 5. The number of hydrogen-bond acceptors (Lipinski definition) is 6. The summed E-state index contributed by atoms with van der Waals surface area (Å²) in [6, 6.07) is 19.7. The minimum atomic E-state index is -0.00577. The molecule has 6 rings (SSSR count). The minimum absolute atomic E-state index is 0.00577. The van der Waals surface area contributed by atoms with Crippen molar-refractivity contribution < 1.29 is 14.3 Å². The molecule has 0 N–H and O–H groups in total. The predicted octanol–water partition coefficient (Wildman–Crippen LogP) is 3.62. The second-order valence-corrected chi connectivity index (χ2v) is 8.67. The number of aromatic nitrogens is 3. The Labute approximate surface area is 203 Å². The van der Waals surface area contributed by atoms with Crippen molar-refractivity contribution in [3.63, 3.8) is 0 Å². The average molecular weight is 468 g/mol. The van der Waals surface area contributed by atoms with Crippen LogP contribution in [0, 0.1) is 0 Å². The van der Waals surface area contributed by atoms with Crippen LogP contribution in [0.5, 0.6) is 11.5 Å². The number of piperazine rings is 1. The highest BCUT2D eigenvalue weighted by Crippen LogP contribution is 2.33. The summed E-state index contributed by atoms with van der Waals surface area (Å²) < 4.78 is 12.7. The zero-order chi connectivity index (χ0) is 23.6. The number of pyridine rings is 1. The number of amides is 1. The first-order valence-electron chi connectivity index (χ1n) is 11.7. The summed E-state index contributed by atoms with van der Waals surface area (Å²) in [5, 5.41) is 4.76. The topological polar surface area (TPSA) is 72.7 Å². The monoisotopic (exact) mass is 467 g/mol. The van der Waals surface area contributed by atoms with Gasteiger partial charge in [-0.2, -0.15) is 5.10 Å². The lowest BCUT2D eigenvalue weighted by atomic mass is 10.1. The van der Waals surface area contributed by atoms with Crippen LogP contribution in [0.1, 0.15) is 15.9 Å². The Kier molecular flexibility index (Phi) is 5.64. The van der Waals surface area contributed by atoms with E-state index in [1.54, 1.807) is 17.1 Å². The quantitative estimate of drug-likeness (QED) is 0.447. The minimum Gasteiger partial charge on any atom is -0.454 e. The molecule has 1 fully saturated rings. The van der Waals surface area contributed by atoms with Crippen molar-refractivity contribution in [2.75, 3.05) is 33.0 Å². The van der Waals surface area contributed by atoms with E-state index in [2.05, 4.69) is 16.0 Å². The SMILES string of the molecule is O=C(c1cn(-c2ccccc2)nc1-c1cccnc1)N1CCN(Cc2ccc3c(c2)OCO3)CC1. The third kappa shape index (κ3) is 4.36. The van der Waals surface area contributed by atoms with E-state index in [1.807, 2.05) is 65.7 Å². The van der Waals surface area contributed by atoms with E-state index < -0.39 is 0 Å². The van der Waals surface area contributed by atoms with E-state index in [-0.39, 0.29) is 12.7 Å². The fraction of sp³-hybridized carbons (Fsp3) is 0.222. The number of ether oxygens (including phenoxy) is 2. The highest BCUT2D eigenvalue weighted by atomic mass is 16.7. The van der Waals surface area contributed by atoms with Crippen molar-refractivity contribution in [3.05, 3.63) is 90.4 Å². The summed E-state index contributed by atoms with van der Waals surface area (Å²) >= 11 is 0. The van der Waals surface area contributed by atoms with Crippen LogP contribution in [0.15, 0.2) is 79.3 Å². The lowest BCUT2D eigenvalue weighted by Gasteiger charge is -2.34. The molecule has 0 radical (unpaired) electrons. The highest BCUT2D eigenvalue weighted by Gasteiger charge is 2.27. The van der Waals surface area contributed by atoms with E-state index in [4.69, 9.17) is 14.6 Å². The number of fused-ring (bicyclic) bond motifs is 1. The molecule has 0 atom stereocenters. The smallest absolute Gasteiger partial charge is 0.257 e. The molecule has 2 aromatic heterocycles. The van der Waals surface area contributed by atoms with Crippen molar-refractivity contribution in [2.24, 2.45) is 0 Å². The first-order valence-corrected chi connectivity index (χ1v) is 11.7. The standard InChI is InChI=1S/C27H25N5O3/c33-27(31-13-11-30(12-14-31)17-20-8-9-24-25(15-20)35-19-34-24)23-18-32(22-6-2-1-3-7-22)29-26(23)21-5-4-10-28-16-21/h1-10,15-16,18H,11-14,17,19H2. The van der Waals surface area contributed by atoms with Gasteiger partial charge in [0.1, 0.15) is 5.69 Å².